The number of nitrogens with zero attached hydrogens (tertiary/aromatic N) is 1. The Morgan fingerprint density at radius 2 is 1.27 bits per heavy atom. The van der Waals surface area contributed by atoms with Gasteiger partial charge in [-0.15, -0.1) is 0 Å². The number of rotatable bonds is 19. The van der Waals surface area contributed by atoms with E-state index in [-0.39, 0.29) is 5.97 Å². The Labute approximate surface area is 201 Å². The first kappa shape index (κ1) is 26.9. The topological polar surface area (TPSA) is 51.2 Å². The van der Waals surface area contributed by atoms with E-state index in [2.05, 4.69) is 17.2 Å². The van der Waals surface area contributed by atoms with Crippen LogP contribution in [0.25, 0.3) is 0 Å². The molecule has 0 saturated heterocycles. The summed E-state index contributed by atoms with van der Waals surface area (Å²) in [6.07, 6.45) is 21.6. The first-order chi connectivity index (χ1) is 16.3. The second kappa shape index (κ2) is 18.1. The molecule has 0 aliphatic heterocycles. The molecule has 0 unspecified atom stereocenters. The number of carbonyl (C=O) groups excluding carboxylic acids is 1. The van der Waals surface area contributed by atoms with Gasteiger partial charge in [-0.25, -0.2) is 0 Å². The van der Waals surface area contributed by atoms with Gasteiger partial charge in [0, 0.05) is 24.6 Å². The van der Waals surface area contributed by atoms with E-state index in [1.807, 2.05) is 36.4 Å². The molecule has 2 rings (SSSR count). The van der Waals surface area contributed by atoms with Crippen molar-refractivity contribution in [2.24, 2.45) is 0 Å². The SMILES string of the molecule is CCCCCCCCCCCCCCCNc1ccc(CC(=O)OCc2ccncc2)cc1. The predicted molar refractivity (Wildman–Crippen MR) is 138 cm³/mol. The zero-order valence-electron chi connectivity index (χ0n) is 20.7. The van der Waals surface area contributed by atoms with Gasteiger partial charge in [-0.3, -0.25) is 9.78 Å². The Morgan fingerprint density at radius 3 is 1.85 bits per heavy atom. The molecule has 0 amide bonds. The fraction of sp³-hybridized carbons (Fsp3) is 0.586. The summed E-state index contributed by atoms with van der Waals surface area (Å²) >= 11 is 0. The molecule has 0 atom stereocenters. The molecule has 0 radical (unpaired) electrons. The summed E-state index contributed by atoms with van der Waals surface area (Å²) < 4.78 is 5.34. The van der Waals surface area contributed by atoms with Crippen LogP contribution in [0.2, 0.25) is 0 Å². The Morgan fingerprint density at radius 1 is 0.727 bits per heavy atom. The molecule has 0 aliphatic rings. The number of nitrogens with one attached hydrogen (secondary N) is 1. The Kier molecular flexibility index (Phi) is 14.8. The van der Waals surface area contributed by atoms with Crippen molar-refractivity contribution in [2.75, 3.05) is 11.9 Å². The van der Waals surface area contributed by atoms with E-state index in [1.54, 1.807) is 12.4 Å². The standard InChI is InChI=1S/C29H44N2O2/c1-2-3-4-5-6-7-8-9-10-11-12-13-14-21-31-28-17-15-26(16-18-28)24-29(32)33-25-27-19-22-30-23-20-27/h15-20,22-23,31H,2-14,21,24-25H2,1H3. The van der Waals surface area contributed by atoms with Gasteiger partial charge in [-0.05, 0) is 41.8 Å². The normalized spacial score (nSPS) is 10.8. The summed E-state index contributed by atoms with van der Waals surface area (Å²) in [5.74, 6) is -0.209. The molecule has 1 aromatic carbocycles. The van der Waals surface area contributed by atoms with Crippen LogP contribution < -0.4 is 5.32 Å². The minimum Gasteiger partial charge on any atom is -0.461 e. The van der Waals surface area contributed by atoms with Crippen LogP contribution >= 0.6 is 0 Å². The predicted octanol–water partition coefficient (Wildman–Crippen LogP) is 7.87. The van der Waals surface area contributed by atoms with E-state index < -0.39 is 0 Å². The number of aromatic nitrogens is 1. The van der Waals surface area contributed by atoms with Gasteiger partial charge in [0.15, 0.2) is 0 Å². The van der Waals surface area contributed by atoms with Gasteiger partial charge in [0.1, 0.15) is 6.61 Å². The van der Waals surface area contributed by atoms with Crippen LogP contribution in [-0.2, 0) is 22.6 Å². The lowest BCUT2D eigenvalue weighted by Crippen LogP contribution is -2.08. The lowest BCUT2D eigenvalue weighted by atomic mass is 10.0. The summed E-state index contributed by atoms with van der Waals surface area (Å²) in [6.45, 7) is 3.58. The second-order valence-electron chi connectivity index (χ2n) is 9.06. The highest BCUT2D eigenvalue weighted by Gasteiger charge is 2.05. The molecule has 182 valence electrons. The van der Waals surface area contributed by atoms with E-state index in [0.717, 1.165) is 23.4 Å². The average Bonchev–Trinajstić information content (AvgIpc) is 2.84. The summed E-state index contributed by atoms with van der Waals surface area (Å²) in [6, 6.07) is 11.8. The van der Waals surface area contributed by atoms with E-state index in [1.165, 1.54) is 83.5 Å². The Bertz CT molecular complexity index is 731. The zero-order valence-corrected chi connectivity index (χ0v) is 20.7. The number of unbranched alkanes of at least 4 members (excludes halogenated alkanes) is 12. The third-order valence-corrected chi connectivity index (χ3v) is 6.06. The highest BCUT2D eigenvalue weighted by molar-refractivity contribution is 5.72. The number of carbonyl (C=O) groups is 1. The molecule has 0 aliphatic carbocycles. The van der Waals surface area contributed by atoms with Gasteiger partial charge in [0.2, 0.25) is 0 Å². The molecule has 0 spiro atoms. The third kappa shape index (κ3) is 13.7. The molecule has 0 saturated carbocycles. The second-order valence-corrected chi connectivity index (χ2v) is 9.06. The summed E-state index contributed by atoms with van der Waals surface area (Å²) in [4.78, 5) is 16.0. The van der Waals surface area contributed by atoms with Crippen molar-refractivity contribution < 1.29 is 9.53 Å². The van der Waals surface area contributed by atoms with E-state index in [0.29, 0.717) is 13.0 Å². The number of benzene rings is 1. The quantitative estimate of drug-likeness (QED) is 0.174. The van der Waals surface area contributed by atoms with Gasteiger partial charge in [-0.2, -0.15) is 0 Å². The van der Waals surface area contributed by atoms with Crippen LogP contribution in [0, 0.1) is 0 Å². The third-order valence-electron chi connectivity index (χ3n) is 6.06. The van der Waals surface area contributed by atoms with Crippen LogP contribution in [0.5, 0.6) is 0 Å². The maximum Gasteiger partial charge on any atom is 0.310 e. The van der Waals surface area contributed by atoms with Crippen LogP contribution in [0.15, 0.2) is 48.8 Å². The fourth-order valence-electron chi connectivity index (χ4n) is 3.98. The van der Waals surface area contributed by atoms with Crippen molar-refractivity contribution >= 4 is 11.7 Å². The van der Waals surface area contributed by atoms with Crippen molar-refractivity contribution in [3.05, 3.63) is 59.9 Å². The maximum absolute atomic E-state index is 12.0. The molecule has 1 N–H and O–H groups in total. The number of hydrogen-bond donors (Lipinski definition) is 1. The molecule has 33 heavy (non-hydrogen) atoms. The molecule has 1 aromatic heterocycles. The number of ether oxygens (including phenoxy) is 1. The van der Waals surface area contributed by atoms with Crippen molar-refractivity contribution in [1.29, 1.82) is 0 Å². The number of pyridine rings is 1. The van der Waals surface area contributed by atoms with E-state index in [4.69, 9.17) is 4.74 Å². The molecule has 4 heteroatoms. The molecular weight excluding hydrogens is 408 g/mol. The van der Waals surface area contributed by atoms with Gasteiger partial charge in [0.25, 0.3) is 0 Å². The van der Waals surface area contributed by atoms with Gasteiger partial charge >= 0.3 is 5.97 Å². The number of anilines is 1. The minimum absolute atomic E-state index is 0.209. The van der Waals surface area contributed by atoms with Gasteiger partial charge in [0.05, 0.1) is 6.42 Å². The molecular formula is C29H44N2O2. The smallest absolute Gasteiger partial charge is 0.310 e. The van der Waals surface area contributed by atoms with Crippen molar-refractivity contribution in [1.82, 2.24) is 4.98 Å². The van der Waals surface area contributed by atoms with Crippen LogP contribution in [0.4, 0.5) is 5.69 Å². The first-order valence-electron chi connectivity index (χ1n) is 13.2. The van der Waals surface area contributed by atoms with E-state index >= 15 is 0 Å². The summed E-state index contributed by atoms with van der Waals surface area (Å²) in [5.41, 5.74) is 3.04. The average molecular weight is 453 g/mol. The minimum atomic E-state index is -0.209. The highest BCUT2D eigenvalue weighted by Crippen LogP contribution is 2.14. The Hall–Kier alpha value is -2.36. The van der Waals surface area contributed by atoms with Gasteiger partial charge in [-0.1, -0.05) is 96.1 Å². The van der Waals surface area contributed by atoms with Crippen molar-refractivity contribution in [3.63, 3.8) is 0 Å². The van der Waals surface area contributed by atoms with E-state index in [9.17, 15) is 4.79 Å². The van der Waals surface area contributed by atoms with Crippen molar-refractivity contribution in [3.8, 4) is 0 Å². The first-order valence-corrected chi connectivity index (χ1v) is 13.2. The van der Waals surface area contributed by atoms with Crippen LogP contribution in [0.1, 0.15) is 102 Å². The fourth-order valence-corrected chi connectivity index (χ4v) is 3.98. The summed E-state index contributed by atoms with van der Waals surface area (Å²) in [7, 11) is 0. The number of esters is 1. The zero-order chi connectivity index (χ0) is 23.4. The largest absolute Gasteiger partial charge is 0.461 e. The molecule has 4 nitrogen and oxygen atoms in total. The van der Waals surface area contributed by atoms with Crippen molar-refractivity contribution in [2.45, 2.75) is 103 Å². The monoisotopic (exact) mass is 452 g/mol. The summed E-state index contributed by atoms with van der Waals surface area (Å²) in [5, 5.41) is 3.49. The van der Waals surface area contributed by atoms with Gasteiger partial charge < -0.3 is 10.1 Å². The lowest BCUT2D eigenvalue weighted by Gasteiger charge is -2.08. The van der Waals surface area contributed by atoms with Crippen LogP contribution in [-0.4, -0.2) is 17.5 Å². The molecule has 0 fully saturated rings. The van der Waals surface area contributed by atoms with Crippen LogP contribution in [0.3, 0.4) is 0 Å². The highest BCUT2D eigenvalue weighted by atomic mass is 16.5. The molecule has 1 heterocycles. The number of hydrogen-bond acceptors (Lipinski definition) is 4. The Balaban J connectivity index is 1.43. The molecule has 0 bridgehead atoms. The maximum atomic E-state index is 12.0. The lowest BCUT2D eigenvalue weighted by molar-refractivity contribution is -0.144. The molecule has 2 aromatic rings.